The van der Waals surface area contributed by atoms with E-state index < -0.39 is 28.5 Å². The number of nitrogens with zero attached hydrogens (tertiary/aromatic N) is 2. The standard InChI is InChI=1S/C38H43N3O4S/c1-28-17-21-34(22-18-28)41(46(44,45)35-23-19-29(2)20-24-35)27-37(42)40(26-32-14-8-7-11-30(32)3)36(25-31-12-5-4-6-13-31)38(43)39-33-15-9-10-16-33/h4-8,11-14,17-24,33,36H,9-10,15-16,25-27H2,1-3H3,(H,39,43)/t36-/m1/s1. The number of carbonyl (C=O) groups excluding carboxylic acids is 2. The van der Waals surface area contributed by atoms with Gasteiger partial charge in [0.05, 0.1) is 10.6 Å². The zero-order chi connectivity index (χ0) is 32.7. The third-order valence-corrected chi connectivity index (χ3v) is 10.6. The molecule has 1 saturated carbocycles. The fraction of sp³-hybridized carbons (Fsp3) is 0.316. The van der Waals surface area contributed by atoms with E-state index in [0.29, 0.717) is 12.1 Å². The van der Waals surface area contributed by atoms with Gasteiger partial charge in [0.25, 0.3) is 10.0 Å². The third kappa shape index (κ3) is 8.04. The quantitative estimate of drug-likeness (QED) is 0.192. The summed E-state index contributed by atoms with van der Waals surface area (Å²) in [5, 5.41) is 3.22. The van der Waals surface area contributed by atoms with Crippen molar-refractivity contribution in [1.29, 1.82) is 0 Å². The summed E-state index contributed by atoms with van der Waals surface area (Å²) in [5.41, 5.74) is 5.07. The molecule has 4 aromatic carbocycles. The van der Waals surface area contributed by atoms with E-state index in [9.17, 15) is 18.0 Å². The number of rotatable bonds is 12. The molecule has 7 nitrogen and oxygen atoms in total. The van der Waals surface area contributed by atoms with Crippen LogP contribution in [0.5, 0.6) is 0 Å². The summed E-state index contributed by atoms with van der Waals surface area (Å²) >= 11 is 0. The van der Waals surface area contributed by atoms with Gasteiger partial charge in [0.1, 0.15) is 12.6 Å². The lowest BCUT2D eigenvalue weighted by atomic mass is 10.0. The van der Waals surface area contributed by atoms with Crippen LogP contribution in [0, 0.1) is 20.8 Å². The van der Waals surface area contributed by atoms with Crippen LogP contribution in [0.2, 0.25) is 0 Å². The van der Waals surface area contributed by atoms with E-state index >= 15 is 0 Å². The molecule has 2 amide bonds. The first-order valence-electron chi connectivity index (χ1n) is 16.0. The zero-order valence-corrected chi connectivity index (χ0v) is 27.7. The molecule has 0 spiro atoms. The molecule has 240 valence electrons. The fourth-order valence-electron chi connectivity index (χ4n) is 5.97. The summed E-state index contributed by atoms with van der Waals surface area (Å²) in [5.74, 6) is -0.678. The Balaban J connectivity index is 1.57. The second-order valence-electron chi connectivity index (χ2n) is 12.3. The van der Waals surface area contributed by atoms with Crippen molar-refractivity contribution in [2.75, 3.05) is 10.8 Å². The van der Waals surface area contributed by atoms with Gasteiger partial charge in [-0.25, -0.2) is 8.42 Å². The molecule has 0 aromatic heterocycles. The fourth-order valence-corrected chi connectivity index (χ4v) is 7.38. The number of benzene rings is 4. The maximum absolute atomic E-state index is 14.7. The number of amides is 2. The summed E-state index contributed by atoms with van der Waals surface area (Å²) in [6.45, 7) is 5.49. The van der Waals surface area contributed by atoms with Gasteiger partial charge in [0, 0.05) is 19.0 Å². The Morgan fingerprint density at radius 1 is 0.783 bits per heavy atom. The first-order chi connectivity index (χ1) is 22.1. The molecule has 0 unspecified atom stereocenters. The lowest BCUT2D eigenvalue weighted by molar-refractivity contribution is -0.140. The summed E-state index contributed by atoms with van der Waals surface area (Å²) in [4.78, 5) is 30.5. The second-order valence-corrected chi connectivity index (χ2v) is 14.2. The van der Waals surface area contributed by atoms with Crippen LogP contribution < -0.4 is 9.62 Å². The maximum atomic E-state index is 14.7. The van der Waals surface area contributed by atoms with Crippen LogP contribution in [0.4, 0.5) is 5.69 Å². The van der Waals surface area contributed by atoms with Gasteiger partial charge in [0.2, 0.25) is 11.8 Å². The first-order valence-corrected chi connectivity index (χ1v) is 17.4. The average molecular weight is 638 g/mol. The molecule has 1 fully saturated rings. The Morgan fingerprint density at radius 3 is 2.00 bits per heavy atom. The van der Waals surface area contributed by atoms with Gasteiger partial charge >= 0.3 is 0 Å². The number of anilines is 1. The van der Waals surface area contributed by atoms with E-state index in [2.05, 4.69) is 5.32 Å². The molecule has 0 bridgehead atoms. The molecule has 0 aliphatic heterocycles. The molecule has 1 aliphatic carbocycles. The normalized spacial score (nSPS) is 14.1. The number of hydrogen-bond acceptors (Lipinski definition) is 4. The van der Waals surface area contributed by atoms with Crippen LogP contribution in [0.1, 0.15) is 53.5 Å². The van der Waals surface area contributed by atoms with Crippen molar-refractivity contribution in [3.05, 3.63) is 131 Å². The lowest BCUT2D eigenvalue weighted by Crippen LogP contribution is -2.54. The van der Waals surface area contributed by atoms with Crippen LogP contribution in [0.25, 0.3) is 0 Å². The highest BCUT2D eigenvalue weighted by atomic mass is 32.2. The van der Waals surface area contributed by atoms with Gasteiger partial charge in [-0.3, -0.25) is 13.9 Å². The SMILES string of the molecule is Cc1ccc(N(CC(=O)N(Cc2ccccc2C)[C@H](Cc2ccccc2)C(=O)NC2CCCC2)S(=O)(=O)c2ccc(C)cc2)cc1. The van der Waals surface area contributed by atoms with Crippen LogP contribution in [0.3, 0.4) is 0 Å². The summed E-state index contributed by atoms with van der Waals surface area (Å²) in [7, 11) is -4.13. The van der Waals surface area contributed by atoms with Gasteiger partial charge in [0.15, 0.2) is 0 Å². The van der Waals surface area contributed by atoms with E-state index in [4.69, 9.17) is 0 Å². The number of aryl methyl sites for hydroxylation is 3. The smallest absolute Gasteiger partial charge is 0.264 e. The Kier molecular flexibility index (Phi) is 10.6. The van der Waals surface area contributed by atoms with E-state index in [0.717, 1.165) is 53.5 Å². The molecule has 4 aromatic rings. The van der Waals surface area contributed by atoms with Crippen LogP contribution in [0.15, 0.2) is 108 Å². The van der Waals surface area contributed by atoms with Crippen molar-refractivity contribution in [2.45, 2.75) is 76.4 Å². The molecule has 5 rings (SSSR count). The van der Waals surface area contributed by atoms with E-state index in [1.165, 1.54) is 4.31 Å². The van der Waals surface area contributed by atoms with Crippen molar-refractivity contribution in [2.24, 2.45) is 0 Å². The minimum absolute atomic E-state index is 0.0622. The minimum atomic E-state index is -4.13. The molecule has 1 aliphatic rings. The summed E-state index contributed by atoms with van der Waals surface area (Å²) in [6.07, 6.45) is 4.23. The molecule has 0 heterocycles. The van der Waals surface area contributed by atoms with E-state index in [1.54, 1.807) is 41.3 Å². The maximum Gasteiger partial charge on any atom is 0.264 e. The lowest BCUT2D eigenvalue weighted by Gasteiger charge is -2.34. The van der Waals surface area contributed by atoms with Crippen molar-refractivity contribution in [3.63, 3.8) is 0 Å². The number of sulfonamides is 1. The van der Waals surface area contributed by atoms with Crippen LogP contribution >= 0.6 is 0 Å². The third-order valence-electron chi connectivity index (χ3n) is 8.78. The average Bonchev–Trinajstić information content (AvgIpc) is 3.56. The largest absolute Gasteiger partial charge is 0.352 e. The van der Waals surface area contributed by atoms with E-state index in [1.807, 2.05) is 87.5 Å². The predicted molar refractivity (Wildman–Crippen MR) is 183 cm³/mol. The molecule has 8 heteroatoms. The van der Waals surface area contributed by atoms with Gasteiger partial charge < -0.3 is 10.2 Å². The highest BCUT2D eigenvalue weighted by Gasteiger charge is 2.35. The number of hydrogen-bond donors (Lipinski definition) is 1. The van der Waals surface area contributed by atoms with Crippen LogP contribution in [-0.4, -0.2) is 43.8 Å². The van der Waals surface area contributed by atoms with E-state index in [-0.39, 0.29) is 23.4 Å². The molecule has 46 heavy (non-hydrogen) atoms. The number of nitrogens with one attached hydrogen (secondary N) is 1. The molecule has 1 atom stereocenters. The summed E-state index contributed by atoms with van der Waals surface area (Å²) in [6, 6.07) is 30.4. The number of carbonyl (C=O) groups is 2. The van der Waals surface area contributed by atoms with Crippen molar-refractivity contribution in [1.82, 2.24) is 10.2 Å². The van der Waals surface area contributed by atoms with Gasteiger partial charge in [-0.15, -0.1) is 0 Å². The first kappa shape index (κ1) is 32.9. The Labute approximate surface area is 273 Å². The molecular weight excluding hydrogens is 595 g/mol. The predicted octanol–water partition coefficient (Wildman–Crippen LogP) is 6.51. The van der Waals surface area contributed by atoms with Crippen molar-refractivity contribution in [3.8, 4) is 0 Å². The Bertz CT molecular complexity index is 1730. The Morgan fingerprint density at radius 2 is 1.37 bits per heavy atom. The van der Waals surface area contributed by atoms with Gasteiger partial charge in [-0.1, -0.05) is 103 Å². The van der Waals surface area contributed by atoms with Crippen LogP contribution in [-0.2, 0) is 32.6 Å². The monoisotopic (exact) mass is 637 g/mol. The molecular formula is C38H43N3O4S. The molecule has 1 N–H and O–H groups in total. The summed E-state index contributed by atoms with van der Waals surface area (Å²) < 4.78 is 29.6. The zero-order valence-electron chi connectivity index (χ0n) is 26.9. The van der Waals surface area contributed by atoms with Gasteiger partial charge in [-0.05, 0) is 74.6 Å². The highest BCUT2D eigenvalue weighted by Crippen LogP contribution is 2.26. The second kappa shape index (κ2) is 14.8. The van der Waals surface area contributed by atoms with Crippen molar-refractivity contribution >= 4 is 27.5 Å². The molecule has 0 radical (unpaired) electrons. The topological polar surface area (TPSA) is 86.8 Å². The van der Waals surface area contributed by atoms with Crippen molar-refractivity contribution < 1.29 is 18.0 Å². The Hall–Kier alpha value is -4.43. The highest BCUT2D eigenvalue weighted by molar-refractivity contribution is 7.92. The minimum Gasteiger partial charge on any atom is -0.352 e. The van der Waals surface area contributed by atoms with Gasteiger partial charge in [-0.2, -0.15) is 0 Å². The molecule has 0 saturated heterocycles.